The van der Waals surface area contributed by atoms with Gasteiger partial charge in [0.2, 0.25) is 0 Å². The van der Waals surface area contributed by atoms with Crippen molar-refractivity contribution >= 4 is 33.6 Å². The van der Waals surface area contributed by atoms with Gasteiger partial charge in [-0.1, -0.05) is 64.7 Å². The van der Waals surface area contributed by atoms with Gasteiger partial charge < -0.3 is 4.90 Å². The van der Waals surface area contributed by atoms with Gasteiger partial charge in [-0.3, -0.25) is 4.99 Å². The SMILES string of the molecule is CCCCCCCCCCCCN1C=NCC1.[Pb]. The first-order chi connectivity index (χ1) is 8.43. The van der Waals surface area contributed by atoms with Crippen LogP contribution in [0.25, 0.3) is 0 Å². The Labute approximate surface area is 134 Å². The summed E-state index contributed by atoms with van der Waals surface area (Å²) in [6, 6.07) is 0. The molecule has 104 valence electrons. The van der Waals surface area contributed by atoms with E-state index in [1.807, 2.05) is 6.34 Å². The molecule has 0 amide bonds. The average molecular weight is 446 g/mol. The summed E-state index contributed by atoms with van der Waals surface area (Å²) in [6.07, 6.45) is 16.3. The third-order valence-corrected chi connectivity index (χ3v) is 3.56. The maximum absolute atomic E-state index is 4.23. The number of nitrogens with zero attached hydrogens (tertiary/aromatic N) is 2. The molecule has 0 fully saturated rings. The molecule has 0 atom stereocenters. The molecular formula is C15H30N2Pb. The van der Waals surface area contributed by atoms with Crippen molar-refractivity contribution in [1.29, 1.82) is 0 Å². The third-order valence-electron chi connectivity index (χ3n) is 3.56. The molecule has 1 heterocycles. The van der Waals surface area contributed by atoms with Crippen molar-refractivity contribution in [2.75, 3.05) is 19.6 Å². The van der Waals surface area contributed by atoms with E-state index < -0.39 is 0 Å². The van der Waals surface area contributed by atoms with Crippen LogP contribution >= 0.6 is 0 Å². The summed E-state index contributed by atoms with van der Waals surface area (Å²) >= 11 is 0. The minimum atomic E-state index is 0. The third kappa shape index (κ3) is 10.3. The predicted molar refractivity (Wildman–Crippen MR) is 82.5 cm³/mol. The van der Waals surface area contributed by atoms with Crippen LogP contribution in [0.3, 0.4) is 0 Å². The fourth-order valence-corrected chi connectivity index (χ4v) is 2.39. The van der Waals surface area contributed by atoms with E-state index in [2.05, 4.69) is 16.8 Å². The standard InChI is InChI=1S/C15H30N2.Pb/c1-2-3-4-5-6-7-8-9-10-11-13-17-14-12-16-15-17;/h15H,2-14H2,1H3;. The van der Waals surface area contributed by atoms with Crippen molar-refractivity contribution < 1.29 is 0 Å². The monoisotopic (exact) mass is 446 g/mol. The van der Waals surface area contributed by atoms with Gasteiger partial charge in [0.1, 0.15) is 0 Å². The quantitative estimate of drug-likeness (QED) is 0.348. The maximum Gasteiger partial charge on any atom is 0.0851 e. The van der Waals surface area contributed by atoms with Gasteiger partial charge in [0.15, 0.2) is 0 Å². The van der Waals surface area contributed by atoms with E-state index in [4.69, 9.17) is 0 Å². The fourth-order valence-electron chi connectivity index (χ4n) is 2.39. The van der Waals surface area contributed by atoms with E-state index in [9.17, 15) is 0 Å². The van der Waals surface area contributed by atoms with Gasteiger partial charge in [0, 0.05) is 40.4 Å². The first-order valence-corrected chi connectivity index (χ1v) is 7.67. The molecule has 3 heteroatoms. The minimum absolute atomic E-state index is 0. The van der Waals surface area contributed by atoms with Crippen molar-refractivity contribution in [3.63, 3.8) is 0 Å². The second-order valence-corrected chi connectivity index (χ2v) is 5.24. The summed E-state index contributed by atoms with van der Waals surface area (Å²) in [6.45, 7) is 5.67. The summed E-state index contributed by atoms with van der Waals surface area (Å²) in [5, 5.41) is 0. The van der Waals surface area contributed by atoms with E-state index in [1.165, 1.54) is 70.8 Å². The molecule has 0 unspecified atom stereocenters. The summed E-state index contributed by atoms with van der Waals surface area (Å²) in [7, 11) is 0. The Morgan fingerprint density at radius 1 is 0.889 bits per heavy atom. The normalized spacial score (nSPS) is 13.9. The number of unbranched alkanes of at least 4 members (excludes halogenated alkanes) is 9. The molecule has 0 saturated carbocycles. The molecule has 0 saturated heterocycles. The van der Waals surface area contributed by atoms with Gasteiger partial charge in [-0.25, -0.2) is 0 Å². The number of hydrogen-bond acceptors (Lipinski definition) is 2. The summed E-state index contributed by atoms with van der Waals surface area (Å²) in [5.74, 6) is 0. The Kier molecular flexibility index (Phi) is 14.1. The minimum Gasteiger partial charge on any atom is -0.361 e. The second-order valence-electron chi connectivity index (χ2n) is 5.24. The van der Waals surface area contributed by atoms with Gasteiger partial charge >= 0.3 is 0 Å². The van der Waals surface area contributed by atoms with Gasteiger partial charge in [-0.05, 0) is 6.42 Å². The van der Waals surface area contributed by atoms with Crippen molar-refractivity contribution in [3.05, 3.63) is 0 Å². The van der Waals surface area contributed by atoms with Crippen LogP contribution in [-0.4, -0.2) is 58.2 Å². The molecule has 4 radical (unpaired) electrons. The number of hydrogen-bond donors (Lipinski definition) is 0. The molecule has 1 rings (SSSR count). The zero-order valence-electron chi connectivity index (χ0n) is 12.2. The molecular weight excluding hydrogens is 415 g/mol. The van der Waals surface area contributed by atoms with E-state index >= 15 is 0 Å². The van der Waals surface area contributed by atoms with E-state index in [0.29, 0.717) is 0 Å². The van der Waals surface area contributed by atoms with Crippen LogP contribution < -0.4 is 0 Å². The smallest absolute Gasteiger partial charge is 0.0851 e. The first-order valence-electron chi connectivity index (χ1n) is 7.67. The summed E-state index contributed by atoms with van der Waals surface area (Å²) in [5.41, 5.74) is 0. The molecule has 0 aliphatic carbocycles. The van der Waals surface area contributed by atoms with Gasteiger partial charge in [0.25, 0.3) is 0 Å². The largest absolute Gasteiger partial charge is 0.361 e. The average Bonchev–Trinajstić information content (AvgIpc) is 2.85. The molecule has 18 heavy (non-hydrogen) atoms. The van der Waals surface area contributed by atoms with E-state index in [-0.39, 0.29) is 27.3 Å². The van der Waals surface area contributed by atoms with Crippen LogP contribution in [0.2, 0.25) is 0 Å². The molecule has 1 aliphatic rings. The molecule has 0 bridgehead atoms. The molecule has 1 aliphatic heterocycles. The molecule has 0 spiro atoms. The Hall–Kier alpha value is 0.392. The molecule has 0 N–H and O–H groups in total. The van der Waals surface area contributed by atoms with Crippen molar-refractivity contribution in [1.82, 2.24) is 4.90 Å². The fraction of sp³-hybridized carbons (Fsp3) is 0.933. The number of rotatable bonds is 11. The van der Waals surface area contributed by atoms with Crippen LogP contribution in [0.5, 0.6) is 0 Å². The Bertz CT molecular complexity index is 195. The molecule has 0 aromatic rings. The summed E-state index contributed by atoms with van der Waals surface area (Å²) < 4.78 is 0. The van der Waals surface area contributed by atoms with Gasteiger partial charge in [-0.15, -0.1) is 0 Å². The second kappa shape index (κ2) is 13.8. The van der Waals surface area contributed by atoms with Crippen molar-refractivity contribution in [3.8, 4) is 0 Å². The topological polar surface area (TPSA) is 15.6 Å². The molecule has 2 nitrogen and oxygen atoms in total. The van der Waals surface area contributed by atoms with E-state index in [1.54, 1.807) is 0 Å². The Morgan fingerprint density at radius 3 is 1.94 bits per heavy atom. The van der Waals surface area contributed by atoms with Gasteiger partial charge in [0.05, 0.1) is 12.9 Å². The zero-order valence-corrected chi connectivity index (χ0v) is 16.1. The predicted octanol–water partition coefficient (Wildman–Crippen LogP) is 3.87. The van der Waals surface area contributed by atoms with Crippen LogP contribution in [0, 0.1) is 0 Å². The van der Waals surface area contributed by atoms with Crippen LogP contribution in [-0.2, 0) is 0 Å². The number of aliphatic imine (C=N–C) groups is 1. The molecule has 0 aromatic carbocycles. The van der Waals surface area contributed by atoms with Crippen LogP contribution in [0.15, 0.2) is 4.99 Å². The summed E-state index contributed by atoms with van der Waals surface area (Å²) in [4.78, 5) is 6.58. The van der Waals surface area contributed by atoms with Gasteiger partial charge in [-0.2, -0.15) is 0 Å². The Balaban J connectivity index is 0.00000289. The zero-order chi connectivity index (χ0) is 12.2. The molecule has 0 aromatic heterocycles. The van der Waals surface area contributed by atoms with Crippen LogP contribution in [0.4, 0.5) is 0 Å². The van der Waals surface area contributed by atoms with E-state index in [0.717, 1.165) is 13.1 Å². The Morgan fingerprint density at radius 2 is 1.44 bits per heavy atom. The maximum atomic E-state index is 4.23. The van der Waals surface area contributed by atoms with Crippen molar-refractivity contribution in [2.45, 2.75) is 71.1 Å². The first kappa shape index (κ1) is 18.4. The van der Waals surface area contributed by atoms with Crippen LogP contribution in [0.1, 0.15) is 71.1 Å². The van der Waals surface area contributed by atoms with Crippen molar-refractivity contribution in [2.24, 2.45) is 4.99 Å².